The molecule has 0 N–H and O–H groups in total. The number of aryl methyl sites for hydroxylation is 2. The van der Waals surface area contributed by atoms with Gasteiger partial charge in [-0.25, -0.2) is 0 Å². The van der Waals surface area contributed by atoms with Crippen LogP contribution in [-0.2, 0) is 13.7 Å². The monoisotopic (exact) mass is 200 g/mol. The molecule has 2 heterocycles. The number of benzene rings is 1. The molecule has 15 heavy (non-hydrogen) atoms. The molecule has 0 spiro atoms. The third kappa shape index (κ3) is 1.09. The number of hydrogen-bond acceptors (Lipinski definition) is 2. The van der Waals surface area contributed by atoms with E-state index in [0.29, 0.717) is 6.61 Å². The third-order valence-corrected chi connectivity index (χ3v) is 2.86. The van der Waals surface area contributed by atoms with Crippen LogP contribution in [0.5, 0.6) is 5.75 Å². The van der Waals surface area contributed by atoms with Gasteiger partial charge in [0.2, 0.25) is 0 Å². The van der Waals surface area contributed by atoms with Gasteiger partial charge in [0.15, 0.2) is 0 Å². The maximum Gasteiger partial charge on any atom is 0.129 e. The molecule has 0 bridgehead atoms. The number of nitrogens with zero attached hydrogens (tertiary/aromatic N) is 2. The first kappa shape index (κ1) is 8.53. The van der Waals surface area contributed by atoms with E-state index in [1.54, 1.807) is 0 Å². The van der Waals surface area contributed by atoms with Crippen molar-refractivity contribution in [3.05, 3.63) is 35.5 Å². The van der Waals surface area contributed by atoms with Crippen LogP contribution < -0.4 is 4.74 Å². The minimum Gasteiger partial charge on any atom is -0.488 e. The van der Waals surface area contributed by atoms with Gasteiger partial charge in [0.25, 0.3) is 0 Å². The number of rotatable bonds is 0. The van der Waals surface area contributed by atoms with Crippen LogP contribution in [0.25, 0.3) is 11.3 Å². The molecule has 1 aromatic heterocycles. The normalized spacial score (nSPS) is 12.9. The van der Waals surface area contributed by atoms with Gasteiger partial charge >= 0.3 is 0 Å². The number of hydrogen-bond donors (Lipinski definition) is 0. The molecule has 0 radical (unpaired) electrons. The van der Waals surface area contributed by atoms with Gasteiger partial charge in [-0.2, -0.15) is 5.10 Å². The first-order valence-corrected chi connectivity index (χ1v) is 5.02. The van der Waals surface area contributed by atoms with E-state index in [2.05, 4.69) is 11.2 Å². The molecule has 3 nitrogen and oxygen atoms in total. The fraction of sp³-hybridized carbons (Fsp3) is 0.250. The Labute approximate surface area is 88.3 Å². The van der Waals surface area contributed by atoms with Crippen LogP contribution in [0.1, 0.15) is 11.3 Å². The third-order valence-electron chi connectivity index (χ3n) is 2.86. The number of ether oxygens (including phenoxy) is 1. The molecule has 3 rings (SSSR count). The molecule has 3 heteroatoms. The van der Waals surface area contributed by atoms with Crippen LogP contribution in [0.3, 0.4) is 0 Å². The van der Waals surface area contributed by atoms with Gasteiger partial charge in [0, 0.05) is 18.2 Å². The summed E-state index contributed by atoms with van der Waals surface area (Å²) in [6, 6.07) is 8.10. The van der Waals surface area contributed by atoms with Gasteiger partial charge in [0.05, 0.1) is 11.4 Å². The van der Waals surface area contributed by atoms with Crippen molar-refractivity contribution in [3.8, 4) is 17.0 Å². The van der Waals surface area contributed by atoms with E-state index in [-0.39, 0.29) is 0 Å². The van der Waals surface area contributed by atoms with Gasteiger partial charge in [-0.1, -0.05) is 12.1 Å². The Balaban J connectivity index is 2.33. The summed E-state index contributed by atoms with van der Waals surface area (Å²) in [7, 11) is 1.98. The highest BCUT2D eigenvalue weighted by Gasteiger charge is 2.22. The predicted octanol–water partition coefficient (Wildman–Crippen LogP) is 2.29. The number of para-hydroxylation sites is 1. The van der Waals surface area contributed by atoms with Crippen molar-refractivity contribution in [2.45, 2.75) is 13.5 Å². The Morgan fingerprint density at radius 3 is 3.00 bits per heavy atom. The van der Waals surface area contributed by atoms with Crippen molar-refractivity contribution in [2.75, 3.05) is 0 Å². The number of aromatic nitrogens is 2. The molecule has 1 aromatic carbocycles. The average Bonchev–Trinajstić information content (AvgIpc) is 2.55. The lowest BCUT2D eigenvalue weighted by Gasteiger charge is -2.18. The van der Waals surface area contributed by atoms with Crippen LogP contribution in [-0.4, -0.2) is 9.78 Å². The van der Waals surface area contributed by atoms with E-state index in [1.807, 2.05) is 36.9 Å². The highest BCUT2D eigenvalue weighted by Crippen LogP contribution is 2.37. The molecule has 76 valence electrons. The van der Waals surface area contributed by atoms with Crippen LogP contribution >= 0.6 is 0 Å². The van der Waals surface area contributed by atoms with E-state index in [4.69, 9.17) is 4.74 Å². The summed E-state index contributed by atoms with van der Waals surface area (Å²) >= 11 is 0. The zero-order valence-corrected chi connectivity index (χ0v) is 8.82. The van der Waals surface area contributed by atoms with E-state index in [0.717, 1.165) is 17.0 Å². The molecule has 1 aliphatic rings. The average molecular weight is 200 g/mol. The van der Waals surface area contributed by atoms with Gasteiger partial charge in [-0.15, -0.1) is 0 Å². The minimum atomic E-state index is 0.631. The minimum absolute atomic E-state index is 0.631. The Bertz CT molecular complexity index is 528. The largest absolute Gasteiger partial charge is 0.488 e. The molecule has 0 atom stereocenters. The first-order valence-electron chi connectivity index (χ1n) is 5.02. The van der Waals surface area contributed by atoms with Gasteiger partial charge in [0.1, 0.15) is 12.4 Å². The second-order valence-electron chi connectivity index (χ2n) is 3.82. The van der Waals surface area contributed by atoms with Crippen LogP contribution in [0, 0.1) is 6.92 Å². The Kier molecular flexibility index (Phi) is 1.63. The Morgan fingerprint density at radius 1 is 1.33 bits per heavy atom. The topological polar surface area (TPSA) is 27.1 Å². The molecule has 0 unspecified atom stereocenters. The lowest BCUT2D eigenvalue weighted by Crippen LogP contribution is -2.06. The summed E-state index contributed by atoms with van der Waals surface area (Å²) in [5.74, 6) is 0.952. The first-order chi connectivity index (χ1) is 7.27. The van der Waals surface area contributed by atoms with Crippen molar-refractivity contribution in [3.63, 3.8) is 0 Å². The highest BCUT2D eigenvalue weighted by molar-refractivity contribution is 5.72. The maximum atomic E-state index is 5.69. The summed E-state index contributed by atoms with van der Waals surface area (Å²) in [5, 5.41) is 4.43. The van der Waals surface area contributed by atoms with Gasteiger partial charge in [-0.3, -0.25) is 4.68 Å². The van der Waals surface area contributed by atoms with Crippen molar-refractivity contribution in [2.24, 2.45) is 7.05 Å². The lowest BCUT2D eigenvalue weighted by molar-refractivity contribution is 0.301. The van der Waals surface area contributed by atoms with Crippen molar-refractivity contribution in [1.29, 1.82) is 0 Å². The number of fused-ring (bicyclic) bond motifs is 3. The summed E-state index contributed by atoms with van der Waals surface area (Å²) in [6.45, 7) is 2.65. The quantitative estimate of drug-likeness (QED) is 0.652. The lowest BCUT2D eigenvalue weighted by atomic mass is 10.0. The summed E-state index contributed by atoms with van der Waals surface area (Å²) in [4.78, 5) is 0. The summed E-state index contributed by atoms with van der Waals surface area (Å²) in [5.41, 5.74) is 4.59. The van der Waals surface area contributed by atoms with Gasteiger partial charge < -0.3 is 4.74 Å². The van der Waals surface area contributed by atoms with E-state index in [9.17, 15) is 0 Å². The molecule has 0 saturated carbocycles. The van der Waals surface area contributed by atoms with Crippen molar-refractivity contribution < 1.29 is 4.74 Å². The smallest absolute Gasteiger partial charge is 0.129 e. The molecule has 0 fully saturated rings. The molecule has 2 aromatic rings. The molecule has 0 aliphatic carbocycles. The molecule has 1 aliphatic heterocycles. The predicted molar refractivity (Wildman–Crippen MR) is 57.7 cm³/mol. The van der Waals surface area contributed by atoms with Crippen molar-refractivity contribution >= 4 is 0 Å². The summed E-state index contributed by atoms with van der Waals surface area (Å²) < 4.78 is 7.63. The molecular formula is C12H12N2O. The van der Waals surface area contributed by atoms with Crippen molar-refractivity contribution in [1.82, 2.24) is 9.78 Å². The fourth-order valence-electron chi connectivity index (χ4n) is 2.15. The summed E-state index contributed by atoms with van der Waals surface area (Å²) in [6.07, 6.45) is 0. The SMILES string of the molecule is Cc1nn(C)c2c1COc1ccccc1-2. The van der Waals surface area contributed by atoms with E-state index >= 15 is 0 Å². The Morgan fingerprint density at radius 2 is 2.13 bits per heavy atom. The van der Waals surface area contributed by atoms with E-state index in [1.165, 1.54) is 11.3 Å². The second-order valence-corrected chi connectivity index (χ2v) is 3.82. The molecule has 0 saturated heterocycles. The standard InChI is InChI=1S/C12H12N2O/c1-8-10-7-15-11-6-4-3-5-9(11)12(10)14(2)13-8/h3-6H,7H2,1-2H3. The molecule has 0 amide bonds. The van der Waals surface area contributed by atoms with Crippen LogP contribution in [0.4, 0.5) is 0 Å². The maximum absolute atomic E-state index is 5.69. The highest BCUT2D eigenvalue weighted by atomic mass is 16.5. The van der Waals surface area contributed by atoms with Gasteiger partial charge in [-0.05, 0) is 19.1 Å². The zero-order valence-electron chi connectivity index (χ0n) is 8.82. The zero-order chi connectivity index (χ0) is 10.4. The molecular weight excluding hydrogens is 188 g/mol. The fourth-order valence-corrected chi connectivity index (χ4v) is 2.15. The van der Waals surface area contributed by atoms with E-state index < -0.39 is 0 Å². The van der Waals surface area contributed by atoms with Crippen LogP contribution in [0.15, 0.2) is 24.3 Å². The second kappa shape index (κ2) is 2.86. The van der Waals surface area contributed by atoms with Crippen LogP contribution in [0.2, 0.25) is 0 Å². The Hall–Kier alpha value is -1.77.